The van der Waals surface area contributed by atoms with E-state index in [-0.39, 0.29) is 37.2 Å². The normalized spacial score (nSPS) is 19.5. The lowest BCUT2D eigenvalue weighted by molar-refractivity contribution is 0.176. The minimum atomic E-state index is 0. The van der Waals surface area contributed by atoms with Crippen LogP contribution in [0.4, 0.5) is 5.69 Å². The predicted octanol–water partition coefficient (Wildman–Crippen LogP) is 3.52. The summed E-state index contributed by atoms with van der Waals surface area (Å²) < 4.78 is 0. The van der Waals surface area contributed by atoms with Crippen molar-refractivity contribution >= 4 is 42.9 Å². The van der Waals surface area contributed by atoms with Crippen LogP contribution in [0.15, 0.2) is 24.3 Å². The zero-order chi connectivity index (χ0) is 13.2. The van der Waals surface area contributed by atoms with Crippen molar-refractivity contribution in [2.45, 2.75) is 31.8 Å². The molecule has 1 atom stereocenters. The van der Waals surface area contributed by atoms with Gasteiger partial charge in [0, 0.05) is 31.9 Å². The van der Waals surface area contributed by atoms with Gasteiger partial charge in [-0.05, 0) is 44.4 Å². The van der Waals surface area contributed by atoms with Crippen molar-refractivity contribution < 1.29 is 0 Å². The maximum absolute atomic E-state index is 3.34. The summed E-state index contributed by atoms with van der Waals surface area (Å²) in [6.07, 6.45) is 3.25. The molecule has 1 saturated heterocycles. The summed E-state index contributed by atoms with van der Waals surface area (Å²) in [6, 6.07) is 9.01. The fraction of sp³-hybridized carbons (Fsp3) is 0.625. The molecule has 2 aliphatic rings. The van der Waals surface area contributed by atoms with Crippen LogP contribution in [0.5, 0.6) is 0 Å². The first-order valence-electron chi connectivity index (χ1n) is 7.55. The van der Waals surface area contributed by atoms with E-state index in [9.17, 15) is 0 Å². The Balaban J connectivity index is 0.00000147. The number of benzene rings is 1. The van der Waals surface area contributed by atoms with Crippen LogP contribution < -0.4 is 10.2 Å². The molecular formula is C16H28Cl3N3. The van der Waals surface area contributed by atoms with Crippen LogP contribution in [0.2, 0.25) is 0 Å². The summed E-state index contributed by atoms with van der Waals surface area (Å²) in [5.74, 6) is 0.838. The molecule has 1 saturated carbocycles. The first-order valence-corrected chi connectivity index (χ1v) is 7.55. The Morgan fingerprint density at radius 1 is 1.00 bits per heavy atom. The number of nitrogens with one attached hydrogen (secondary N) is 1. The molecule has 1 aliphatic carbocycles. The molecule has 0 amide bonds. The van der Waals surface area contributed by atoms with Gasteiger partial charge in [-0.15, -0.1) is 37.2 Å². The summed E-state index contributed by atoms with van der Waals surface area (Å²) in [4.78, 5) is 5.10. The first kappa shape index (κ1) is 21.8. The van der Waals surface area contributed by atoms with E-state index in [4.69, 9.17) is 0 Å². The SMILES string of the molecule is CNC(C)N1CCN(c2ccccc2C2CC2)CC1.Cl.Cl.Cl. The van der Waals surface area contributed by atoms with Gasteiger partial charge in [0.05, 0.1) is 6.17 Å². The molecule has 1 unspecified atom stereocenters. The van der Waals surface area contributed by atoms with Crippen molar-refractivity contribution in [1.82, 2.24) is 10.2 Å². The number of anilines is 1. The lowest BCUT2D eigenvalue weighted by Gasteiger charge is -2.39. The second kappa shape index (κ2) is 9.84. The van der Waals surface area contributed by atoms with Crippen LogP contribution in [0.1, 0.15) is 31.2 Å². The van der Waals surface area contributed by atoms with Gasteiger partial charge in [0.15, 0.2) is 0 Å². The highest BCUT2D eigenvalue weighted by atomic mass is 35.5. The summed E-state index contributed by atoms with van der Waals surface area (Å²) in [6.45, 7) is 6.85. The third-order valence-corrected chi connectivity index (χ3v) is 4.57. The molecule has 0 radical (unpaired) electrons. The Hall–Kier alpha value is -0.190. The maximum atomic E-state index is 3.34. The van der Waals surface area contributed by atoms with Gasteiger partial charge in [0.1, 0.15) is 0 Å². The van der Waals surface area contributed by atoms with Gasteiger partial charge >= 0.3 is 0 Å². The molecule has 22 heavy (non-hydrogen) atoms. The molecule has 1 N–H and O–H groups in total. The van der Waals surface area contributed by atoms with Crippen molar-refractivity contribution in [2.24, 2.45) is 0 Å². The van der Waals surface area contributed by atoms with Crippen molar-refractivity contribution in [2.75, 3.05) is 38.1 Å². The minimum Gasteiger partial charge on any atom is -0.369 e. The van der Waals surface area contributed by atoms with E-state index >= 15 is 0 Å². The number of piperazine rings is 1. The fourth-order valence-electron chi connectivity index (χ4n) is 3.05. The van der Waals surface area contributed by atoms with Crippen LogP contribution in [0, 0.1) is 0 Å². The van der Waals surface area contributed by atoms with E-state index in [0.717, 1.165) is 32.1 Å². The molecule has 1 aliphatic heterocycles. The van der Waals surface area contributed by atoms with Crippen LogP contribution in [0.25, 0.3) is 0 Å². The number of para-hydroxylation sites is 1. The zero-order valence-corrected chi connectivity index (χ0v) is 15.8. The fourth-order valence-corrected chi connectivity index (χ4v) is 3.05. The van der Waals surface area contributed by atoms with Crippen molar-refractivity contribution in [3.63, 3.8) is 0 Å². The Morgan fingerprint density at radius 3 is 2.14 bits per heavy atom. The van der Waals surface area contributed by atoms with Crippen LogP contribution >= 0.6 is 37.2 Å². The standard InChI is InChI=1S/C16H25N3.3ClH/c1-13(17-2)18-9-11-19(12-10-18)16-6-4-3-5-15(16)14-7-8-14;;;/h3-6,13-14,17H,7-12H2,1-2H3;3*1H. The summed E-state index contributed by atoms with van der Waals surface area (Å²) in [5.41, 5.74) is 3.07. The first-order chi connectivity index (χ1) is 9.29. The van der Waals surface area contributed by atoms with Gasteiger partial charge in [-0.2, -0.15) is 0 Å². The molecule has 128 valence electrons. The summed E-state index contributed by atoms with van der Waals surface area (Å²) >= 11 is 0. The number of nitrogens with zero attached hydrogens (tertiary/aromatic N) is 2. The average Bonchev–Trinajstić information content (AvgIpc) is 3.31. The minimum absolute atomic E-state index is 0. The van der Waals surface area contributed by atoms with Crippen molar-refractivity contribution in [1.29, 1.82) is 0 Å². The van der Waals surface area contributed by atoms with E-state index in [1.807, 2.05) is 7.05 Å². The van der Waals surface area contributed by atoms with Gasteiger partial charge in [0.2, 0.25) is 0 Å². The molecule has 2 fully saturated rings. The average molecular weight is 369 g/mol. The Labute approximate surface area is 153 Å². The van der Waals surface area contributed by atoms with Gasteiger partial charge in [-0.3, -0.25) is 4.90 Å². The number of hydrogen-bond donors (Lipinski definition) is 1. The van der Waals surface area contributed by atoms with Crippen molar-refractivity contribution in [3.8, 4) is 0 Å². The molecule has 1 aromatic carbocycles. The number of hydrogen-bond acceptors (Lipinski definition) is 3. The van der Waals surface area contributed by atoms with Crippen LogP contribution in [-0.2, 0) is 0 Å². The molecular weight excluding hydrogens is 341 g/mol. The highest BCUT2D eigenvalue weighted by molar-refractivity contribution is 5.86. The van der Waals surface area contributed by atoms with Gasteiger partial charge < -0.3 is 10.2 Å². The number of halogens is 3. The second-order valence-electron chi connectivity index (χ2n) is 5.82. The molecule has 0 bridgehead atoms. The van der Waals surface area contributed by atoms with E-state index in [1.165, 1.54) is 18.5 Å². The molecule has 1 aromatic rings. The molecule has 1 heterocycles. The Morgan fingerprint density at radius 2 is 1.59 bits per heavy atom. The molecule has 0 aromatic heterocycles. The third-order valence-electron chi connectivity index (χ3n) is 4.57. The van der Waals surface area contributed by atoms with Gasteiger partial charge in [-0.25, -0.2) is 0 Å². The quantitative estimate of drug-likeness (QED) is 0.877. The van der Waals surface area contributed by atoms with E-state index < -0.39 is 0 Å². The van der Waals surface area contributed by atoms with E-state index in [1.54, 1.807) is 5.56 Å². The van der Waals surface area contributed by atoms with Crippen molar-refractivity contribution in [3.05, 3.63) is 29.8 Å². The van der Waals surface area contributed by atoms with Gasteiger partial charge in [-0.1, -0.05) is 18.2 Å². The summed E-state index contributed by atoms with van der Waals surface area (Å²) in [5, 5.41) is 3.34. The predicted molar refractivity (Wildman–Crippen MR) is 102 cm³/mol. The summed E-state index contributed by atoms with van der Waals surface area (Å²) in [7, 11) is 2.04. The zero-order valence-electron chi connectivity index (χ0n) is 13.3. The second-order valence-corrected chi connectivity index (χ2v) is 5.82. The lowest BCUT2D eigenvalue weighted by atomic mass is 10.1. The largest absolute Gasteiger partial charge is 0.369 e. The highest BCUT2D eigenvalue weighted by Crippen LogP contribution is 2.44. The molecule has 3 nitrogen and oxygen atoms in total. The monoisotopic (exact) mass is 367 g/mol. The molecule has 6 heteroatoms. The Kier molecular flexibility index (Phi) is 9.75. The van der Waals surface area contributed by atoms with Crippen LogP contribution in [0.3, 0.4) is 0 Å². The van der Waals surface area contributed by atoms with E-state index in [0.29, 0.717) is 6.17 Å². The molecule has 3 rings (SSSR count). The Bertz CT molecular complexity index is 432. The third kappa shape index (κ3) is 4.90. The maximum Gasteiger partial charge on any atom is 0.0566 e. The van der Waals surface area contributed by atoms with Gasteiger partial charge in [0.25, 0.3) is 0 Å². The topological polar surface area (TPSA) is 18.5 Å². The smallest absolute Gasteiger partial charge is 0.0566 e. The highest BCUT2D eigenvalue weighted by Gasteiger charge is 2.28. The van der Waals surface area contributed by atoms with Crippen LogP contribution in [-0.4, -0.2) is 44.3 Å². The number of rotatable bonds is 4. The lowest BCUT2D eigenvalue weighted by Crippen LogP contribution is -2.53. The molecule has 0 spiro atoms. The van der Waals surface area contributed by atoms with E-state index in [2.05, 4.69) is 46.3 Å².